The lowest BCUT2D eigenvalue weighted by molar-refractivity contribution is 0.511. The monoisotopic (exact) mass is 267 g/mol. The van der Waals surface area contributed by atoms with Crippen LogP contribution in [-0.4, -0.2) is 21.0 Å². The Kier molecular flexibility index (Phi) is 4.18. The number of aromatic nitrogens is 3. The zero-order chi connectivity index (χ0) is 13.8. The van der Waals surface area contributed by atoms with Crippen molar-refractivity contribution in [2.24, 2.45) is 12.9 Å². The van der Waals surface area contributed by atoms with E-state index in [1.165, 1.54) is 12.1 Å². The predicted molar refractivity (Wildman–Crippen MR) is 65.9 cm³/mol. The first kappa shape index (κ1) is 13.6. The maximum Gasteiger partial charge on any atom is 0.126 e. The molecule has 1 heterocycles. The summed E-state index contributed by atoms with van der Waals surface area (Å²) < 4.78 is 27.8. The highest BCUT2D eigenvalue weighted by molar-refractivity contribution is 5.19. The lowest BCUT2D eigenvalue weighted by Gasteiger charge is -2.14. The molecule has 0 saturated carbocycles. The highest BCUT2D eigenvalue weighted by Gasteiger charge is 2.12. The Morgan fingerprint density at radius 3 is 2.47 bits per heavy atom. The molecule has 2 aromatic rings. The third kappa shape index (κ3) is 3.80. The molecule has 102 valence electrons. The van der Waals surface area contributed by atoms with Crippen molar-refractivity contribution in [2.75, 3.05) is 0 Å². The molecule has 2 rings (SSSR count). The Balaban J connectivity index is 2.06. The Labute approximate surface area is 109 Å². The summed E-state index contributed by atoms with van der Waals surface area (Å²) in [5.41, 5.74) is 3.94. The van der Waals surface area contributed by atoms with Gasteiger partial charge in [0.25, 0.3) is 0 Å². The van der Waals surface area contributed by atoms with Crippen molar-refractivity contribution >= 4 is 0 Å². The van der Waals surface area contributed by atoms with Crippen LogP contribution in [0.5, 0.6) is 0 Å². The van der Waals surface area contributed by atoms with E-state index in [4.69, 9.17) is 5.84 Å². The maximum atomic E-state index is 13.1. The van der Waals surface area contributed by atoms with Crippen molar-refractivity contribution in [3.8, 4) is 0 Å². The number of hydrazine groups is 1. The van der Waals surface area contributed by atoms with Crippen molar-refractivity contribution in [3.05, 3.63) is 47.3 Å². The van der Waals surface area contributed by atoms with Gasteiger partial charge in [-0.25, -0.2) is 8.78 Å². The van der Waals surface area contributed by atoms with E-state index in [1.807, 2.05) is 0 Å². The van der Waals surface area contributed by atoms with Crippen LogP contribution in [-0.2, 0) is 19.9 Å². The largest absolute Gasteiger partial charge is 0.271 e. The lowest BCUT2D eigenvalue weighted by atomic mass is 10.0. The molecular formula is C12H15F2N5. The molecule has 3 N–H and O–H groups in total. The zero-order valence-electron chi connectivity index (χ0n) is 10.5. The van der Waals surface area contributed by atoms with E-state index >= 15 is 0 Å². The molecule has 1 atom stereocenters. The highest BCUT2D eigenvalue weighted by atomic mass is 19.1. The molecule has 7 heteroatoms. The quantitative estimate of drug-likeness (QED) is 0.618. The van der Waals surface area contributed by atoms with Gasteiger partial charge in [-0.3, -0.25) is 16.0 Å². The first-order valence-corrected chi connectivity index (χ1v) is 5.83. The summed E-state index contributed by atoms with van der Waals surface area (Å²) in [5, 5.41) is 7.77. The van der Waals surface area contributed by atoms with Crippen LogP contribution in [0.3, 0.4) is 0 Å². The van der Waals surface area contributed by atoms with Gasteiger partial charge in [0, 0.05) is 31.8 Å². The molecule has 1 aromatic heterocycles. The van der Waals surface area contributed by atoms with E-state index < -0.39 is 11.6 Å². The standard InChI is InChI=1S/C12H15F2N5/c1-19-7-12(17-18-19)6-11(16-15)4-8-2-9(13)5-10(14)3-8/h2-3,5,7,11,16H,4,6,15H2,1H3. The second-order valence-electron chi connectivity index (χ2n) is 4.43. The predicted octanol–water partition coefficient (Wildman–Crippen LogP) is 0.710. The number of halogens is 2. The molecule has 1 unspecified atom stereocenters. The van der Waals surface area contributed by atoms with Gasteiger partial charge >= 0.3 is 0 Å². The number of hydrogen-bond donors (Lipinski definition) is 2. The topological polar surface area (TPSA) is 68.8 Å². The lowest BCUT2D eigenvalue weighted by Crippen LogP contribution is -2.38. The van der Waals surface area contributed by atoms with Crippen LogP contribution in [0.15, 0.2) is 24.4 Å². The molecule has 0 bridgehead atoms. The second kappa shape index (κ2) is 5.85. The molecule has 5 nitrogen and oxygen atoms in total. The van der Waals surface area contributed by atoms with Gasteiger partial charge in [0.2, 0.25) is 0 Å². The van der Waals surface area contributed by atoms with E-state index in [0.717, 1.165) is 11.8 Å². The van der Waals surface area contributed by atoms with Gasteiger partial charge in [0.15, 0.2) is 0 Å². The minimum atomic E-state index is -0.592. The van der Waals surface area contributed by atoms with Gasteiger partial charge < -0.3 is 0 Å². The van der Waals surface area contributed by atoms with Crippen LogP contribution in [0.1, 0.15) is 11.3 Å². The van der Waals surface area contributed by atoms with Gasteiger partial charge in [0.05, 0.1) is 5.69 Å². The SMILES string of the molecule is Cn1cc(CC(Cc2cc(F)cc(F)c2)NN)nn1. The minimum absolute atomic E-state index is 0.169. The number of nitrogens with one attached hydrogen (secondary N) is 1. The fraction of sp³-hybridized carbons (Fsp3) is 0.333. The fourth-order valence-electron chi connectivity index (χ4n) is 1.94. The molecule has 0 spiro atoms. The van der Waals surface area contributed by atoms with E-state index in [1.54, 1.807) is 17.9 Å². The van der Waals surface area contributed by atoms with E-state index in [0.29, 0.717) is 18.4 Å². The Bertz CT molecular complexity index is 535. The van der Waals surface area contributed by atoms with Crippen LogP contribution in [0.4, 0.5) is 8.78 Å². The van der Waals surface area contributed by atoms with Gasteiger partial charge in [0.1, 0.15) is 11.6 Å². The summed E-state index contributed by atoms with van der Waals surface area (Å²) in [7, 11) is 1.77. The van der Waals surface area contributed by atoms with Gasteiger partial charge in [-0.2, -0.15) is 0 Å². The molecule has 0 amide bonds. The van der Waals surface area contributed by atoms with Crippen LogP contribution in [0.2, 0.25) is 0 Å². The van der Waals surface area contributed by atoms with Crippen molar-refractivity contribution < 1.29 is 8.78 Å². The summed E-state index contributed by atoms with van der Waals surface area (Å²) >= 11 is 0. The highest BCUT2D eigenvalue weighted by Crippen LogP contribution is 2.11. The summed E-state index contributed by atoms with van der Waals surface area (Å²) in [5.74, 6) is 4.27. The molecule has 1 aromatic carbocycles. The first-order valence-electron chi connectivity index (χ1n) is 5.83. The van der Waals surface area contributed by atoms with E-state index in [-0.39, 0.29) is 6.04 Å². The molecule has 0 fully saturated rings. The molecule has 0 saturated heterocycles. The fourth-order valence-corrected chi connectivity index (χ4v) is 1.94. The van der Waals surface area contributed by atoms with Crippen LogP contribution < -0.4 is 11.3 Å². The number of hydrogen-bond acceptors (Lipinski definition) is 4. The van der Waals surface area contributed by atoms with Crippen molar-refractivity contribution in [1.82, 2.24) is 20.4 Å². The summed E-state index contributed by atoms with van der Waals surface area (Å²) in [4.78, 5) is 0. The smallest absolute Gasteiger partial charge is 0.126 e. The Morgan fingerprint density at radius 2 is 1.95 bits per heavy atom. The normalized spacial score (nSPS) is 12.6. The first-order chi connectivity index (χ1) is 9.06. The Morgan fingerprint density at radius 1 is 1.26 bits per heavy atom. The summed E-state index contributed by atoms with van der Waals surface area (Å²) in [6.07, 6.45) is 2.71. The van der Waals surface area contributed by atoms with Crippen molar-refractivity contribution in [2.45, 2.75) is 18.9 Å². The Hall–Kier alpha value is -1.86. The van der Waals surface area contributed by atoms with Crippen molar-refractivity contribution in [3.63, 3.8) is 0 Å². The van der Waals surface area contributed by atoms with Crippen LogP contribution in [0, 0.1) is 11.6 Å². The number of nitrogens with two attached hydrogens (primary N) is 1. The minimum Gasteiger partial charge on any atom is -0.271 e. The van der Waals surface area contributed by atoms with Crippen molar-refractivity contribution in [1.29, 1.82) is 0 Å². The number of nitrogens with zero attached hydrogens (tertiary/aromatic N) is 3. The van der Waals surface area contributed by atoms with E-state index in [2.05, 4.69) is 15.7 Å². The maximum absolute atomic E-state index is 13.1. The van der Waals surface area contributed by atoms with Crippen LogP contribution >= 0.6 is 0 Å². The summed E-state index contributed by atoms with van der Waals surface area (Å²) in [6.45, 7) is 0. The number of aryl methyl sites for hydroxylation is 1. The molecule has 19 heavy (non-hydrogen) atoms. The molecular weight excluding hydrogens is 252 g/mol. The molecule has 0 aliphatic carbocycles. The average Bonchev–Trinajstić information content (AvgIpc) is 2.72. The molecule has 0 aliphatic heterocycles. The van der Waals surface area contributed by atoms with Gasteiger partial charge in [-0.05, 0) is 24.1 Å². The van der Waals surface area contributed by atoms with Crippen LogP contribution in [0.25, 0.3) is 0 Å². The molecule has 0 aliphatic rings. The molecule has 0 radical (unpaired) electrons. The summed E-state index contributed by atoms with van der Waals surface area (Å²) in [6, 6.07) is 3.27. The zero-order valence-corrected chi connectivity index (χ0v) is 10.5. The number of rotatable bonds is 5. The number of benzene rings is 1. The van der Waals surface area contributed by atoms with E-state index in [9.17, 15) is 8.78 Å². The third-order valence-electron chi connectivity index (χ3n) is 2.75. The average molecular weight is 267 g/mol. The third-order valence-corrected chi connectivity index (χ3v) is 2.75. The second-order valence-corrected chi connectivity index (χ2v) is 4.43. The van der Waals surface area contributed by atoms with Gasteiger partial charge in [-0.15, -0.1) is 5.10 Å². The van der Waals surface area contributed by atoms with Gasteiger partial charge in [-0.1, -0.05) is 5.21 Å².